The lowest BCUT2D eigenvalue weighted by atomic mass is 9.95. The molecule has 1 aromatic rings. The van der Waals surface area contributed by atoms with E-state index in [9.17, 15) is 4.79 Å². The highest BCUT2D eigenvalue weighted by Gasteiger charge is 2.05. The number of hydrogen-bond donors (Lipinski definition) is 0. The van der Waals surface area contributed by atoms with Gasteiger partial charge in [-0.25, -0.2) is 0 Å². The van der Waals surface area contributed by atoms with Crippen molar-refractivity contribution in [1.82, 2.24) is 0 Å². The van der Waals surface area contributed by atoms with Crippen LogP contribution in [0.25, 0.3) is 0 Å². The Kier molecular flexibility index (Phi) is 2.58. The second-order valence-corrected chi connectivity index (χ2v) is 2.76. The minimum absolute atomic E-state index is 0.244. The van der Waals surface area contributed by atoms with Gasteiger partial charge in [-0.15, -0.1) is 0 Å². The molecule has 0 saturated heterocycles. The van der Waals surface area contributed by atoms with Crippen molar-refractivity contribution < 1.29 is 4.79 Å². The van der Waals surface area contributed by atoms with E-state index in [4.69, 9.17) is 31.0 Å². The van der Waals surface area contributed by atoms with Crippen molar-refractivity contribution in [3.05, 3.63) is 28.8 Å². The number of rotatable bonds is 1. The molecule has 0 heterocycles. The Balaban J connectivity index is 3.23. The Labute approximate surface area is 75.7 Å². The zero-order chi connectivity index (χ0) is 8.43. The Hall–Kier alpha value is -0.465. The average molecular weight is 185 g/mol. The van der Waals surface area contributed by atoms with Gasteiger partial charge in [0.1, 0.15) is 7.85 Å². The van der Waals surface area contributed by atoms with Crippen LogP contribution in [0.3, 0.4) is 0 Å². The summed E-state index contributed by atoms with van der Waals surface area (Å²) in [4.78, 5) is 10.6. The quantitative estimate of drug-likeness (QED) is 0.478. The number of benzene rings is 1. The van der Waals surface area contributed by atoms with E-state index < -0.39 is 5.24 Å². The maximum Gasteiger partial charge on any atom is 0.253 e. The van der Waals surface area contributed by atoms with E-state index >= 15 is 0 Å². The molecule has 1 aromatic carbocycles. The number of carbonyl (C=O) groups is 1. The molecule has 11 heavy (non-hydrogen) atoms. The summed E-state index contributed by atoms with van der Waals surface area (Å²) in [6.07, 6.45) is 0. The van der Waals surface area contributed by atoms with E-state index in [0.717, 1.165) is 0 Å². The second-order valence-electron chi connectivity index (χ2n) is 2.01. The molecule has 4 heteroatoms. The summed E-state index contributed by atoms with van der Waals surface area (Å²) in [5, 5.41) is -0.276. The number of halogens is 2. The Bertz CT molecular complexity index is 298. The molecule has 0 spiro atoms. The molecular formula is C7H3BCl2O. The summed E-state index contributed by atoms with van der Waals surface area (Å²) in [5.41, 5.74) is 0.715. The first kappa shape index (κ1) is 8.63. The summed E-state index contributed by atoms with van der Waals surface area (Å²) >= 11 is 10.8. The zero-order valence-electron chi connectivity index (χ0n) is 5.47. The summed E-state index contributed by atoms with van der Waals surface area (Å²) in [6.45, 7) is 0. The highest BCUT2D eigenvalue weighted by atomic mass is 35.5. The van der Waals surface area contributed by atoms with Gasteiger partial charge in [-0.2, -0.15) is 0 Å². The highest BCUT2D eigenvalue weighted by Crippen LogP contribution is 2.15. The van der Waals surface area contributed by atoms with Gasteiger partial charge < -0.3 is 0 Å². The Morgan fingerprint density at radius 3 is 2.55 bits per heavy atom. The summed E-state index contributed by atoms with van der Waals surface area (Å²) in [5.74, 6) is 0. The minimum Gasteiger partial charge on any atom is -0.276 e. The van der Waals surface area contributed by atoms with Gasteiger partial charge in [0, 0.05) is 0 Å². The first-order valence-electron chi connectivity index (χ1n) is 2.86. The lowest BCUT2D eigenvalue weighted by Crippen LogP contribution is -2.04. The maximum atomic E-state index is 10.6. The summed E-state index contributed by atoms with van der Waals surface area (Å²) in [7, 11) is 5.40. The fourth-order valence-electron chi connectivity index (χ4n) is 0.694. The van der Waals surface area contributed by atoms with Gasteiger partial charge in [0.05, 0.1) is 10.6 Å². The van der Waals surface area contributed by atoms with Crippen molar-refractivity contribution in [1.29, 1.82) is 0 Å². The molecule has 0 aromatic heterocycles. The van der Waals surface area contributed by atoms with Gasteiger partial charge >= 0.3 is 0 Å². The van der Waals surface area contributed by atoms with Gasteiger partial charge in [0.2, 0.25) is 0 Å². The van der Waals surface area contributed by atoms with Crippen molar-refractivity contribution >= 4 is 41.8 Å². The number of hydrogen-bond acceptors (Lipinski definition) is 1. The molecule has 54 valence electrons. The van der Waals surface area contributed by atoms with Crippen molar-refractivity contribution in [3.8, 4) is 0 Å². The second kappa shape index (κ2) is 3.29. The van der Waals surface area contributed by atoms with Crippen LogP contribution in [-0.2, 0) is 0 Å². The topological polar surface area (TPSA) is 17.1 Å². The molecule has 0 amide bonds. The molecule has 2 radical (unpaired) electrons. The van der Waals surface area contributed by atoms with Gasteiger partial charge in [-0.3, -0.25) is 4.79 Å². The lowest BCUT2D eigenvalue weighted by Gasteiger charge is -1.98. The van der Waals surface area contributed by atoms with Crippen LogP contribution >= 0.6 is 23.2 Å². The first-order chi connectivity index (χ1) is 5.11. The highest BCUT2D eigenvalue weighted by molar-refractivity contribution is 6.69. The predicted molar refractivity (Wildman–Crippen MR) is 47.0 cm³/mol. The van der Waals surface area contributed by atoms with Gasteiger partial charge in [0.15, 0.2) is 0 Å². The van der Waals surface area contributed by atoms with E-state index in [-0.39, 0.29) is 5.56 Å². The molecule has 0 bridgehead atoms. The SMILES string of the molecule is [B]c1ccc(Cl)c(C(=O)Cl)c1. The zero-order valence-corrected chi connectivity index (χ0v) is 6.99. The molecule has 0 atom stereocenters. The molecule has 0 fully saturated rings. The molecule has 1 nitrogen and oxygen atoms in total. The molecule has 1 rings (SSSR count). The van der Waals surface area contributed by atoms with Crippen molar-refractivity contribution in [2.75, 3.05) is 0 Å². The summed E-state index contributed by atoms with van der Waals surface area (Å²) < 4.78 is 0. The molecule has 0 unspecified atom stereocenters. The molecule has 0 aliphatic rings. The van der Waals surface area contributed by atoms with Crippen LogP contribution in [0.15, 0.2) is 18.2 Å². The van der Waals surface area contributed by atoms with Crippen LogP contribution in [0, 0.1) is 0 Å². The van der Waals surface area contributed by atoms with Crippen LogP contribution in [0.4, 0.5) is 0 Å². The average Bonchev–Trinajstić information content (AvgIpc) is 1.94. The van der Waals surface area contributed by atoms with Crippen LogP contribution in [0.5, 0.6) is 0 Å². The van der Waals surface area contributed by atoms with Crippen molar-refractivity contribution in [3.63, 3.8) is 0 Å². The van der Waals surface area contributed by atoms with Crippen LogP contribution < -0.4 is 5.46 Å². The fraction of sp³-hybridized carbons (Fsp3) is 0. The smallest absolute Gasteiger partial charge is 0.253 e. The van der Waals surface area contributed by atoms with Crippen LogP contribution in [0.2, 0.25) is 5.02 Å². The normalized spacial score (nSPS) is 9.64. The van der Waals surface area contributed by atoms with Gasteiger partial charge in [-0.05, 0) is 17.7 Å². The molecule has 0 N–H and O–H groups in total. The largest absolute Gasteiger partial charge is 0.276 e. The van der Waals surface area contributed by atoms with E-state index in [1.165, 1.54) is 12.1 Å². The molecule has 0 aliphatic heterocycles. The molecule has 0 saturated carbocycles. The van der Waals surface area contributed by atoms with E-state index in [1.807, 2.05) is 0 Å². The number of carbonyl (C=O) groups excluding carboxylic acids is 1. The van der Waals surface area contributed by atoms with E-state index in [1.54, 1.807) is 6.07 Å². The van der Waals surface area contributed by atoms with Gasteiger partial charge in [0.25, 0.3) is 5.24 Å². The first-order valence-corrected chi connectivity index (χ1v) is 3.61. The standard InChI is InChI=1S/C7H3BCl2O/c8-4-1-2-6(9)5(3-4)7(10)11/h1-3H. The van der Waals surface area contributed by atoms with Crippen LogP contribution in [-0.4, -0.2) is 13.1 Å². The maximum absolute atomic E-state index is 10.6. The summed E-state index contributed by atoms with van der Waals surface area (Å²) in [6, 6.07) is 4.58. The van der Waals surface area contributed by atoms with Gasteiger partial charge in [-0.1, -0.05) is 29.2 Å². The van der Waals surface area contributed by atoms with Crippen LogP contribution in [0.1, 0.15) is 10.4 Å². The lowest BCUT2D eigenvalue weighted by molar-refractivity contribution is 0.108. The van der Waals surface area contributed by atoms with Crippen molar-refractivity contribution in [2.45, 2.75) is 0 Å². The predicted octanol–water partition coefficient (Wildman–Crippen LogP) is 1.51. The van der Waals surface area contributed by atoms with E-state index in [0.29, 0.717) is 10.5 Å². The Morgan fingerprint density at radius 1 is 1.45 bits per heavy atom. The molecular weight excluding hydrogens is 182 g/mol. The monoisotopic (exact) mass is 184 g/mol. The Morgan fingerprint density at radius 2 is 2.09 bits per heavy atom. The minimum atomic E-state index is -0.595. The third kappa shape index (κ3) is 1.98. The third-order valence-electron chi connectivity index (χ3n) is 1.20. The van der Waals surface area contributed by atoms with Crippen molar-refractivity contribution in [2.24, 2.45) is 0 Å². The fourth-order valence-corrected chi connectivity index (χ4v) is 1.10. The molecule has 0 aliphatic carbocycles. The third-order valence-corrected chi connectivity index (χ3v) is 1.74. The van der Waals surface area contributed by atoms with E-state index in [2.05, 4.69) is 0 Å².